The Morgan fingerprint density at radius 3 is 2.40 bits per heavy atom. The molecule has 1 aromatic carbocycles. The van der Waals surface area contributed by atoms with Gasteiger partial charge in [-0.2, -0.15) is 0 Å². The summed E-state index contributed by atoms with van der Waals surface area (Å²) in [5.41, 5.74) is -0.826. The number of benzene rings is 1. The first-order chi connectivity index (χ1) is 9.34. The maximum Gasteiger partial charge on any atom is 0.305 e. The number of amides is 1. The van der Waals surface area contributed by atoms with Gasteiger partial charge in [-0.25, -0.2) is 0 Å². The van der Waals surface area contributed by atoms with Gasteiger partial charge >= 0.3 is 5.97 Å². The lowest BCUT2D eigenvalue weighted by molar-refractivity contribution is -0.138. The van der Waals surface area contributed by atoms with Crippen LogP contribution in [-0.4, -0.2) is 36.2 Å². The number of aliphatic carboxylic acids is 1. The maximum absolute atomic E-state index is 11.7. The highest BCUT2D eigenvalue weighted by Gasteiger charge is 2.24. The summed E-state index contributed by atoms with van der Waals surface area (Å²) in [6, 6.07) is 6.97. The van der Waals surface area contributed by atoms with E-state index in [1.165, 1.54) is 7.11 Å². The van der Waals surface area contributed by atoms with E-state index in [9.17, 15) is 9.59 Å². The van der Waals surface area contributed by atoms with Crippen molar-refractivity contribution in [3.8, 4) is 11.5 Å². The molecule has 0 saturated heterocycles. The lowest BCUT2D eigenvalue weighted by Gasteiger charge is -2.24. The van der Waals surface area contributed by atoms with Gasteiger partial charge in [0.2, 0.25) is 0 Å². The van der Waals surface area contributed by atoms with Crippen LogP contribution in [0.4, 0.5) is 0 Å². The number of hydrogen-bond acceptors (Lipinski definition) is 4. The van der Waals surface area contributed by atoms with E-state index in [4.69, 9.17) is 14.6 Å². The van der Waals surface area contributed by atoms with Crippen molar-refractivity contribution < 1.29 is 24.2 Å². The lowest BCUT2D eigenvalue weighted by Crippen LogP contribution is -2.46. The normalized spacial score (nSPS) is 10.8. The number of carboxylic acid groups (broad SMARTS) is 1. The maximum atomic E-state index is 11.7. The van der Waals surface area contributed by atoms with E-state index in [0.29, 0.717) is 11.5 Å². The molecular weight excluding hydrogens is 262 g/mol. The van der Waals surface area contributed by atoms with Gasteiger partial charge in [0.05, 0.1) is 13.5 Å². The first-order valence-corrected chi connectivity index (χ1v) is 6.13. The van der Waals surface area contributed by atoms with E-state index in [1.54, 1.807) is 38.1 Å². The molecule has 1 rings (SSSR count). The molecule has 0 saturated carbocycles. The number of methoxy groups -OCH3 is 1. The van der Waals surface area contributed by atoms with Crippen molar-refractivity contribution >= 4 is 11.9 Å². The van der Waals surface area contributed by atoms with Crippen LogP contribution in [0.25, 0.3) is 0 Å². The molecule has 0 unspecified atom stereocenters. The minimum absolute atomic E-state index is 0.159. The van der Waals surface area contributed by atoms with Crippen molar-refractivity contribution in [1.82, 2.24) is 5.32 Å². The molecule has 1 amide bonds. The molecule has 0 radical (unpaired) electrons. The van der Waals surface area contributed by atoms with Crippen molar-refractivity contribution in [2.75, 3.05) is 13.7 Å². The summed E-state index contributed by atoms with van der Waals surface area (Å²) in [5, 5.41) is 11.3. The van der Waals surface area contributed by atoms with E-state index < -0.39 is 11.5 Å². The summed E-state index contributed by atoms with van der Waals surface area (Å²) < 4.78 is 10.5. The molecule has 6 nitrogen and oxygen atoms in total. The molecule has 0 aliphatic rings. The van der Waals surface area contributed by atoms with Crippen LogP contribution in [-0.2, 0) is 9.59 Å². The smallest absolute Gasteiger partial charge is 0.305 e. The molecule has 0 atom stereocenters. The average Bonchev–Trinajstić information content (AvgIpc) is 2.34. The van der Waals surface area contributed by atoms with Crippen LogP contribution in [0.3, 0.4) is 0 Å². The zero-order valence-corrected chi connectivity index (χ0v) is 11.8. The first-order valence-electron chi connectivity index (χ1n) is 6.13. The number of ether oxygens (including phenoxy) is 2. The summed E-state index contributed by atoms with van der Waals surface area (Å²) in [4.78, 5) is 22.4. The Labute approximate surface area is 117 Å². The van der Waals surface area contributed by atoms with Gasteiger partial charge in [0.25, 0.3) is 5.91 Å². The second-order valence-corrected chi connectivity index (χ2v) is 4.94. The number of para-hydroxylation sites is 2. The van der Waals surface area contributed by atoms with Gasteiger partial charge < -0.3 is 19.9 Å². The van der Waals surface area contributed by atoms with Crippen molar-refractivity contribution in [3.05, 3.63) is 24.3 Å². The molecule has 1 aromatic rings. The predicted octanol–water partition coefficient (Wildman–Crippen LogP) is 1.44. The third-order valence-corrected chi connectivity index (χ3v) is 2.50. The molecule has 6 heteroatoms. The van der Waals surface area contributed by atoms with Gasteiger partial charge in [-0.05, 0) is 26.0 Å². The van der Waals surface area contributed by atoms with Gasteiger partial charge in [0.1, 0.15) is 0 Å². The molecule has 0 bridgehead atoms. The van der Waals surface area contributed by atoms with Crippen LogP contribution in [0.2, 0.25) is 0 Å². The van der Waals surface area contributed by atoms with Gasteiger partial charge in [0, 0.05) is 5.54 Å². The largest absolute Gasteiger partial charge is 0.493 e. The molecule has 0 aromatic heterocycles. The van der Waals surface area contributed by atoms with Crippen LogP contribution in [0.5, 0.6) is 11.5 Å². The summed E-state index contributed by atoms with van der Waals surface area (Å²) >= 11 is 0. The van der Waals surface area contributed by atoms with Gasteiger partial charge in [-0.3, -0.25) is 9.59 Å². The molecule has 0 fully saturated rings. The lowest BCUT2D eigenvalue weighted by atomic mass is 10.0. The van der Waals surface area contributed by atoms with Gasteiger partial charge in [-0.1, -0.05) is 12.1 Å². The second-order valence-electron chi connectivity index (χ2n) is 4.94. The summed E-state index contributed by atoms with van der Waals surface area (Å²) in [6.07, 6.45) is -0.159. The highest BCUT2D eigenvalue weighted by atomic mass is 16.5. The Bertz CT molecular complexity index is 484. The van der Waals surface area contributed by atoms with Crippen molar-refractivity contribution in [2.45, 2.75) is 25.8 Å². The molecule has 20 heavy (non-hydrogen) atoms. The molecule has 110 valence electrons. The highest BCUT2D eigenvalue weighted by Crippen LogP contribution is 2.25. The number of carbonyl (C=O) groups excluding carboxylic acids is 1. The third kappa shape index (κ3) is 5.17. The Morgan fingerprint density at radius 2 is 1.85 bits per heavy atom. The fourth-order valence-corrected chi connectivity index (χ4v) is 1.72. The van der Waals surface area contributed by atoms with E-state index in [0.717, 1.165) is 0 Å². The number of carbonyl (C=O) groups is 2. The fraction of sp³-hybridized carbons (Fsp3) is 0.429. The predicted molar refractivity (Wildman–Crippen MR) is 73.0 cm³/mol. The summed E-state index contributed by atoms with van der Waals surface area (Å²) in [7, 11) is 1.51. The Hall–Kier alpha value is -2.24. The zero-order valence-electron chi connectivity index (χ0n) is 11.8. The topological polar surface area (TPSA) is 84.9 Å². The first kappa shape index (κ1) is 15.8. The monoisotopic (exact) mass is 281 g/mol. The average molecular weight is 281 g/mol. The van der Waals surface area contributed by atoms with Crippen LogP contribution >= 0.6 is 0 Å². The molecule has 2 N–H and O–H groups in total. The van der Waals surface area contributed by atoms with Crippen molar-refractivity contribution in [1.29, 1.82) is 0 Å². The molecular formula is C14H19NO5. The van der Waals surface area contributed by atoms with Crippen molar-refractivity contribution in [3.63, 3.8) is 0 Å². The third-order valence-electron chi connectivity index (χ3n) is 2.50. The van der Waals surface area contributed by atoms with E-state index >= 15 is 0 Å². The Morgan fingerprint density at radius 1 is 1.25 bits per heavy atom. The SMILES string of the molecule is COc1ccccc1OCC(=O)NC(C)(C)CC(=O)O. The number of hydrogen-bond donors (Lipinski definition) is 2. The molecule has 0 spiro atoms. The van der Waals surface area contributed by atoms with Crippen LogP contribution in [0.1, 0.15) is 20.3 Å². The summed E-state index contributed by atoms with van der Waals surface area (Å²) in [6.45, 7) is 3.08. The Balaban J connectivity index is 2.53. The second kappa shape index (κ2) is 6.79. The van der Waals surface area contributed by atoms with Crippen LogP contribution in [0, 0.1) is 0 Å². The van der Waals surface area contributed by atoms with E-state index in [1.807, 2.05) is 0 Å². The van der Waals surface area contributed by atoms with E-state index in [-0.39, 0.29) is 18.9 Å². The van der Waals surface area contributed by atoms with Crippen LogP contribution < -0.4 is 14.8 Å². The number of carboxylic acids is 1. The Kier molecular flexibility index (Phi) is 5.37. The summed E-state index contributed by atoms with van der Waals surface area (Å²) in [5.74, 6) is -0.366. The highest BCUT2D eigenvalue weighted by molar-refractivity contribution is 5.79. The quantitative estimate of drug-likeness (QED) is 0.790. The number of nitrogens with one attached hydrogen (secondary N) is 1. The molecule has 0 aliphatic heterocycles. The standard InChI is InChI=1S/C14H19NO5/c1-14(2,8-13(17)18)15-12(16)9-20-11-7-5-4-6-10(11)19-3/h4-7H,8-9H2,1-3H3,(H,15,16)(H,17,18). The fourth-order valence-electron chi connectivity index (χ4n) is 1.72. The minimum Gasteiger partial charge on any atom is -0.493 e. The van der Waals surface area contributed by atoms with Crippen molar-refractivity contribution in [2.24, 2.45) is 0 Å². The molecule has 0 heterocycles. The van der Waals surface area contributed by atoms with Gasteiger partial charge in [0.15, 0.2) is 18.1 Å². The number of rotatable bonds is 7. The molecule has 0 aliphatic carbocycles. The minimum atomic E-state index is -0.971. The van der Waals surface area contributed by atoms with E-state index in [2.05, 4.69) is 5.32 Å². The zero-order chi connectivity index (χ0) is 15.2. The van der Waals surface area contributed by atoms with Crippen LogP contribution in [0.15, 0.2) is 24.3 Å². The van der Waals surface area contributed by atoms with Gasteiger partial charge in [-0.15, -0.1) is 0 Å².